The number of amides is 3. The number of aromatic hydroxyl groups is 1. The van der Waals surface area contributed by atoms with Crippen LogP contribution in [-0.4, -0.2) is 69.1 Å². The molecule has 0 aliphatic rings. The minimum absolute atomic E-state index is 0.000858. The first-order chi connectivity index (χ1) is 16.7. The van der Waals surface area contributed by atoms with Crippen LogP contribution in [0.15, 0.2) is 24.3 Å². The fourth-order valence-corrected chi connectivity index (χ4v) is 3.39. The van der Waals surface area contributed by atoms with Crippen molar-refractivity contribution in [1.29, 1.82) is 0 Å². The second-order valence-electron chi connectivity index (χ2n) is 9.40. The maximum atomic E-state index is 13.1. The van der Waals surface area contributed by atoms with E-state index in [1.54, 1.807) is 13.8 Å². The van der Waals surface area contributed by atoms with Gasteiger partial charge in [-0.15, -0.1) is 0 Å². The Bertz CT molecular complexity index is 933. The lowest BCUT2D eigenvalue weighted by Crippen LogP contribution is -2.58. The van der Waals surface area contributed by atoms with Crippen molar-refractivity contribution in [3.63, 3.8) is 0 Å². The van der Waals surface area contributed by atoms with Crippen molar-refractivity contribution < 1.29 is 39.3 Å². The van der Waals surface area contributed by atoms with Crippen LogP contribution in [0.4, 0.5) is 0 Å². The highest BCUT2D eigenvalue weighted by atomic mass is 16.4. The molecule has 0 aliphatic carbocycles. The standard InChI is InChI=1S/C24H36N4O8/c1-12(2)9-16(25)21(32)26-17(10-14-5-7-15(29)8-6-14)22(33)27-18(11-19(30)31)23(34)28-20(13(3)4)24(35)36/h5-8,12-13,16-18,20,29H,9-11,25H2,1-4H3,(H,26,32)(H,27,33)(H,28,34)(H,30,31)(H,35,36). The Morgan fingerprint density at radius 1 is 0.833 bits per heavy atom. The number of carboxylic acids is 2. The van der Waals surface area contributed by atoms with Gasteiger partial charge in [0.1, 0.15) is 23.9 Å². The van der Waals surface area contributed by atoms with E-state index in [1.165, 1.54) is 24.3 Å². The minimum Gasteiger partial charge on any atom is -0.508 e. The zero-order valence-corrected chi connectivity index (χ0v) is 20.9. The van der Waals surface area contributed by atoms with Crippen LogP contribution in [0.25, 0.3) is 0 Å². The number of rotatable bonds is 14. The zero-order valence-electron chi connectivity index (χ0n) is 20.9. The Labute approximate surface area is 209 Å². The van der Waals surface area contributed by atoms with Gasteiger partial charge < -0.3 is 37.0 Å². The van der Waals surface area contributed by atoms with Crippen molar-refractivity contribution in [2.75, 3.05) is 0 Å². The molecule has 0 aromatic heterocycles. The van der Waals surface area contributed by atoms with Crippen molar-refractivity contribution in [2.24, 2.45) is 17.6 Å². The zero-order chi connectivity index (χ0) is 27.6. The largest absolute Gasteiger partial charge is 0.508 e. The van der Waals surface area contributed by atoms with Gasteiger partial charge in [-0.05, 0) is 36.0 Å². The van der Waals surface area contributed by atoms with Gasteiger partial charge in [0.05, 0.1) is 12.5 Å². The molecule has 200 valence electrons. The number of carboxylic acid groups (broad SMARTS) is 2. The van der Waals surface area contributed by atoms with E-state index in [9.17, 15) is 39.3 Å². The van der Waals surface area contributed by atoms with Crippen LogP contribution in [0.3, 0.4) is 0 Å². The van der Waals surface area contributed by atoms with E-state index in [0.717, 1.165) is 0 Å². The summed E-state index contributed by atoms with van der Waals surface area (Å²) in [4.78, 5) is 61.3. The summed E-state index contributed by atoms with van der Waals surface area (Å²) < 4.78 is 0. The summed E-state index contributed by atoms with van der Waals surface area (Å²) in [5, 5.41) is 35.2. The van der Waals surface area contributed by atoms with Crippen LogP contribution in [0, 0.1) is 11.8 Å². The highest BCUT2D eigenvalue weighted by Gasteiger charge is 2.32. The molecule has 0 spiro atoms. The second-order valence-corrected chi connectivity index (χ2v) is 9.40. The maximum Gasteiger partial charge on any atom is 0.326 e. The molecule has 36 heavy (non-hydrogen) atoms. The number of nitrogens with two attached hydrogens (primary N) is 1. The summed E-state index contributed by atoms with van der Waals surface area (Å²) in [7, 11) is 0. The Balaban J connectivity index is 3.15. The molecule has 0 fully saturated rings. The molecule has 3 amide bonds. The molecule has 0 saturated heterocycles. The first-order valence-electron chi connectivity index (χ1n) is 11.6. The van der Waals surface area contributed by atoms with Gasteiger partial charge in [-0.2, -0.15) is 0 Å². The van der Waals surface area contributed by atoms with E-state index < -0.39 is 66.2 Å². The van der Waals surface area contributed by atoms with Crippen LogP contribution >= 0.6 is 0 Å². The molecule has 8 N–H and O–H groups in total. The molecule has 4 atom stereocenters. The number of phenolic OH excluding ortho intramolecular Hbond substituents is 1. The molecule has 12 heteroatoms. The Morgan fingerprint density at radius 2 is 1.36 bits per heavy atom. The lowest BCUT2D eigenvalue weighted by Gasteiger charge is -2.25. The first-order valence-corrected chi connectivity index (χ1v) is 11.6. The third kappa shape index (κ3) is 10.3. The van der Waals surface area contributed by atoms with E-state index in [-0.39, 0.29) is 18.1 Å². The molecule has 12 nitrogen and oxygen atoms in total. The molecule has 1 aromatic rings. The number of hydrogen-bond donors (Lipinski definition) is 7. The molecule has 0 aliphatic heterocycles. The number of benzene rings is 1. The maximum absolute atomic E-state index is 13.1. The van der Waals surface area contributed by atoms with Crippen molar-refractivity contribution in [3.05, 3.63) is 29.8 Å². The highest BCUT2D eigenvalue weighted by Crippen LogP contribution is 2.12. The molecule has 0 bridgehead atoms. The number of hydrogen-bond acceptors (Lipinski definition) is 7. The monoisotopic (exact) mass is 508 g/mol. The first kappa shape index (κ1) is 30.4. The number of aliphatic carboxylic acids is 2. The lowest BCUT2D eigenvalue weighted by atomic mass is 10.0. The van der Waals surface area contributed by atoms with Gasteiger partial charge in [0.2, 0.25) is 17.7 Å². The molecule has 1 rings (SSSR count). The van der Waals surface area contributed by atoms with E-state index in [4.69, 9.17) is 5.73 Å². The second kappa shape index (κ2) is 14.0. The predicted molar refractivity (Wildman–Crippen MR) is 130 cm³/mol. The highest BCUT2D eigenvalue weighted by molar-refractivity contribution is 5.95. The van der Waals surface area contributed by atoms with Gasteiger partial charge in [0.25, 0.3) is 0 Å². The van der Waals surface area contributed by atoms with Crippen LogP contribution in [0.5, 0.6) is 5.75 Å². The van der Waals surface area contributed by atoms with Crippen LogP contribution < -0.4 is 21.7 Å². The summed E-state index contributed by atoms with van der Waals surface area (Å²) in [6, 6.07) is 0.843. The van der Waals surface area contributed by atoms with Gasteiger partial charge in [-0.25, -0.2) is 4.79 Å². The minimum atomic E-state index is -1.60. The third-order valence-corrected chi connectivity index (χ3v) is 5.31. The molecular weight excluding hydrogens is 472 g/mol. The van der Waals surface area contributed by atoms with Gasteiger partial charge >= 0.3 is 11.9 Å². The van der Waals surface area contributed by atoms with Gasteiger partial charge in [0, 0.05) is 6.42 Å². The average Bonchev–Trinajstić information content (AvgIpc) is 2.76. The van der Waals surface area contributed by atoms with Gasteiger partial charge in [-0.3, -0.25) is 19.2 Å². The lowest BCUT2D eigenvalue weighted by molar-refractivity contribution is -0.144. The quantitative estimate of drug-likeness (QED) is 0.180. The Kier molecular flexibility index (Phi) is 11.8. The predicted octanol–water partition coefficient (Wildman–Crippen LogP) is -0.0222. The average molecular weight is 509 g/mol. The topological polar surface area (TPSA) is 208 Å². The fraction of sp³-hybridized carbons (Fsp3) is 0.542. The van der Waals surface area contributed by atoms with E-state index in [2.05, 4.69) is 16.0 Å². The number of carbonyl (C=O) groups excluding carboxylic acids is 3. The summed E-state index contributed by atoms with van der Waals surface area (Å²) in [5.41, 5.74) is 6.50. The van der Waals surface area contributed by atoms with Gasteiger partial charge in [-0.1, -0.05) is 39.8 Å². The third-order valence-electron chi connectivity index (χ3n) is 5.31. The molecule has 0 radical (unpaired) electrons. The SMILES string of the molecule is CC(C)CC(N)C(=O)NC(Cc1ccc(O)cc1)C(=O)NC(CC(=O)O)C(=O)NC(C(=O)O)C(C)C. The van der Waals surface area contributed by atoms with E-state index in [0.29, 0.717) is 12.0 Å². The van der Waals surface area contributed by atoms with Crippen LogP contribution in [0.1, 0.15) is 46.1 Å². The Hall–Kier alpha value is -3.67. The molecule has 0 saturated carbocycles. The summed E-state index contributed by atoms with van der Waals surface area (Å²) in [6.07, 6.45) is -0.499. The summed E-state index contributed by atoms with van der Waals surface area (Å²) in [6.45, 7) is 6.88. The van der Waals surface area contributed by atoms with Crippen molar-refractivity contribution in [1.82, 2.24) is 16.0 Å². The van der Waals surface area contributed by atoms with Crippen molar-refractivity contribution in [3.8, 4) is 5.75 Å². The molecular formula is C24H36N4O8. The number of nitrogens with one attached hydrogen (secondary N) is 3. The van der Waals surface area contributed by atoms with E-state index >= 15 is 0 Å². The smallest absolute Gasteiger partial charge is 0.326 e. The number of phenols is 1. The van der Waals surface area contributed by atoms with Crippen LogP contribution in [0.2, 0.25) is 0 Å². The van der Waals surface area contributed by atoms with Crippen molar-refractivity contribution >= 4 is 29.7 Å². The van der Waals surface area contributed by atoms with Crippen LogP contribution in [-0.2, 0) is 30.4 Å². The fourth-order valence-electron chi connectivity index (χ4n) is 3.39. The summed E-state index contributed by atoms with van der Waals surface area (Å²) in [5.74, 6) is -5.55. The number of carbonyl (C=O) groups is 5. The summed E-state index contributed by atoms with van der Waals surface area (Å²) >= 11 is 0. The molecule has 0 heterocycles. The molecule has 4 unspecified atom stereocenters. The van der Waals surface area contributed by atoms with Crippen molar-refractivity contribution in [2.45, 2.75) is 71.1 Å². The molecule has 1 aromatic carbocycles. The normalized spacial score (nSPS) is 14.4. The Morgan fingerprint density at radius 3 is 1.83 bits per heavy atom. The van der Waals surface area contributed by atoms with Gasteiger partial charge in [0.15, 0.2) is 0 Å². The van der Waals surface area contributed by atoms with E-state index in [1.807, 2.05) is 13.8 Å².